The van der Waals surface area contributed by atoms with Gasteiger partial charge in [0.05, 0.1) is 0 Å². The summed E-state index contributed by atoms with van der Waals surface area (Å²) in [5.74, 6) is -1.31. The second kappa shape index (κ2) is 8.04. The first-order chi connectivity index (χ1) is 11.9. The first-order valence-corrected chi connectivity index (χ1v) is 7.64. The Morgan fingerprint density at radius 2 is 2.12 bits per heavy atom. The Balaban J connectivity index is 2.24. The Kier molecular flexibility index (Phi) is 5.83. The van der Waals surface area contributed by atoms with Crippen molar-refractivity contribution in [1.82, 2.24) is 25.4 Å². The fraction of sp³-hybridized carbons (Fsp3) is 0.312. The van der Waals surface area contributed by atoms with Crippen molar-refractivity contribution in [3.8, 4) is 11.4 Å². The smallest absolute Gasteiger partial charge is 0.326 e. The Labute approximate surface area is 144 Å². The van der Waals surface area contributed by atoms with Gasteiger partial charge in [0.2, 0.25) is 5.91 Å². The number of carboxylic acids is 1. The number of H-pyrrole nitrogens is 1. The van der Waals surface area contributed by atoms with E-state index in [2.05, 4.69) is 20.5 Å². The van der Waals surface area contributed by atoms with Crippen molar-refractivity contribution in [2.45, 2.75) is 19.9 Å². The lowest BCUT2D eigenvalue weighted by Crippen LogP contribution is -2.46. The van der Waals surface area contributed by atoms with Crippen molar-refractivity contribution in [3.05, 3.63) is 36.2 Å². The van der Waals surface area contributed by atoms with Crippen molar-refractivity contribution in [2.75, 3.05) is 13.1 Å². The van der Waals surface area contributed by atoms with Gasteiger partial charge >= 0.3 is 5.97 Å². The van der Waals surface area contributed by atoms with Crippen LogP contribution in [0, 0.1) is 0 Å². The van der Waals surface area contributed by atoms with Gasteiger partial charge in [-0.1, -0.05) is 12.1 Å². The monoisotopic (exact) mass is 345 g/mol. The molecule has 1 aromatic heterocycles. The van der Waals surface area contributed by atoms with Gasteiger partial charge in [-0.15, -0.1) is 0 Å². The highest BCUT2D eigenvalue weighted by Gasteiger charge is 2.26. The summed E-state index contributed by atoms with van der Waals surface area (Å²) in [4.78, 5) is 40.3. The van der Waals surface area contributed by atoms with Crippen LogP contribution in [0.2, 0.25) is 0 Å². The molecule has 1 unspecified atom stereocenters. The number of aliphatic carboxylic acids is 1. The minimum Gasteiger partial charge on any atom is -0.480 e. The molecule has 1 atom stereocenters. The van der Waals surface area contributed by atoms with Crippen molar-refractivity contribution in [3.63, 3.8) is 0 Å². The van der Waals surface area contributed by atoms with Crippen LogP contribution in [0.1, 0.15) is 24.2 Å². The van der Waals surface area contributed by atoms with Crippen molar-refractivity contribution in [1.29, 1.82) is 0 Å². The molecule has 0 saturated heterocycles. The Morgan fingerprint density at radius 3 is 2.72 bits per heavy atom. The van der Waals surface area contributed by atoms with Crippen LogP contribution < -0.4 is 5.32 Å². The zero-order valence-corrected chi connectivity index (χ0v) is 13.9. The van der Waals surface area contributed by atoms with Crippen LogP contribution in [-0.2, 0) is 9.59 Å². The first-order valence-electron chi connectivity index (χ1n) is 7.64. The molecule has 0 saturated carbocycles. The third-order valence-corrected chi connectivity index (χ3v) is 3.61. The highest BCUT2D eigenvalue weighted by Crippen LogP contribution is 2.17. The number of carboxylic acid groups (broad SMARTS) is 1. The van der Waals surface area contributed by atoms with Crippen LogP contribution >= 0.6 is 0 Å². The van der Waals surface area contributed by atoms with Gasteiger partial charge in [-0.2, -0.15) is 5.10 Å². The molecule has 0 aliphatic heterocycles. The molecule has 1 heterocycles. The van der Waals surface area contributed by atoms with Gasteiger partial charge in [-0.05, 0) is 19.1 Å². The Bertz CT molecular complexity index is 760. The standard InChI is InChI=1S/C16H19N5O4/c1-10(16(24)25)21(7-6-17-11(2)22)15(23)13-5-3-4-12(8-13)14-18-9-19-20-14/h3-5,8-10H,6-7H2,1-2H3,(H,17,22)(H,24,25)(H,18,19,20). The van der Waals surface area contributed by atoms with Crippen LogP contribution in [0.25, 0.3) is 11.4 Å². The van der Waals surface area contributed by atoms with Crippen LogP contribution in [0.3, 0.4) is 0 Å². The number of aromatic amines is 1. The van der Waals surface area contributed by atoms with Gasteiger partial charge in [0.1, 0.15) is 12.4 Å². The first kappa shape index (κ1) is 18.1. The maximum absolute atomic E-state index is 12.8. The van der Waals surface area contributed by atoms with Gasteiger partial charge < -0.3 is 15.3 Å². The summed E-state index contributed by atoms with van der Waals surface area (Å²) in [6.45, 7) is 3.03. The number of carbonyl (C=O) groups excluding carboxylic acids is 2. The van der Waals surface area contributed by atoms with E-state index in [-0.39, 0.29) is 19.0 Å². The molecule has 0 bridgehead atoms. The van der Waals surface area contributed by atoms with Gasteiger partial charge in [-0.3, -0.25) is 14.7 Å². The molecule has 0 aliphatic rings. The molecule has 1 aromatic carbocycles. The maximum Gasteiger partial charge on any atom is 0.326 e. The summed E-state index contributed by atoms with van der Waals surface area (Å²) < 4.78 is 0. The zero-order valence-electron chi connectivity index (χ0n) is 13.9. The van der Waals surface area contributed by atoms with E-state index in [9.17, 15) is 19.5 Å². The number of aromatic nitrogens is 3. The fourth-order valence-corrected chi connectivity index (χ4v) is 2.27. The van der Waals surface area contributed by atoms with E-state index in [1.807, 2.05) is 0 Å². The van der Waals surface area contributed by atoms with E-state index in [1.54, 1.807) is 24.3 Å². The van der Waals surface area contributed by atoms with Gasteiger partial charge in [0.25, 0.3) is 5.91 Å². The second-order valence-corrected chi connectivity index (χ2v) is 5.41. The lowest BCUT2D eigenvalue weighted by molar-refractivity contribution is -0.141. The lowest BCUT2D eigenvalue weighted by atomic mass is 10.1. The summed E-state index contributed by atoms with van der Waals surface area (Å²) >= 11 is 0. The molecule has 0 aliphatic carbocycles. The Morgan fingerprint density at radius 1 is 1.36 bits per heavy atom. The van der Waals surface area contributed by atoms with Crippen LogP contribution in [0.4, 0.5) is 0 Å². The minimum atomic E-state index is -1.12. The van der Waals surface area contributed by atoms with E-state index in [0.717, 1.165) is 0 Å². The summed E-state index contributed by atoms with van der Waals surface area (Å²) in [5.41, 5.74) is 0.984. The summed E-state index contributed by atoms with van der Waals surface area (Å²) in [6, 6.07) is 5.63. The summed E-state index contributed by atoms with van der Waals surface area (Å²) in [7, 11) is 0. The fourth-order valence-electron chi connectivity index (χ4n) is 2.27. The van der Waals surface area contributed by atoms with E-state index in [0.29, 0.717) is 17.0 Å². The van der Waals surface area contributed by atoms with Crippen LogP contribution in [0.5, 0.6) is 0 Å². The predicted octanol–water partition coefficient (Wildman–Crippen LogP) is 0.523. The largest absolute Gasteiger partial charge is 0.480 e. The molecule has 9 nitrogen and oxygen atoms in total. The number of carbonyl (C=O) groups is 3. The summed E-state index contributed by atoms with van der Waals surface area (Å²) in [5, 5.41) is 18.3. The molecule has 2 aromatic rings. The molecule has 2 rings (SSSR count). The predicted molar refractivity (Wildman–Crippen MR) is 88.6 cm³/mol. The SMILES string of the molecule is CC(=O)NCCN(C(=O)c1cccc(-c2ncn[nH]2)c1)C(C)C(=O)O. The van der Waals surface area contributed by atoms with E-state index in [4.69, 9.17) is 0 Å². The highest BCUT2D eigenvalue weighted by molar-refractivity contribution is 5.97. The zero-order chi connectivity index (χ0) is 18.4. The topological polar surface area (TPSA) is 128 Å². The average Bonchev–Trinajstić information content (AvgIpc) is 3.12. The average molecular weight is 345 g/mol. The molecule has 0 fully saturated rings. The molecule has 132 valence electrons. The number of nitrogens with one attached hydrogen (secondary N) is 2. The number of hydrogen-bond acceptors (Lipinski definition) is 5. The van der Waals surface area contributed by atoms with Gasteiger partial charge in [0.15, 0.2) is 5.82 Å². The summed E-state index contributed by atoms with van der Waals surface area (Å²) in [6.07, 6.45) is 1.36. The second-order valence-electron chi connectivity index (χ2n) is 5.41. The third-order valence-electron chi connectivity index (χ3n) is 3.61. The molecule has 9 heteroatoms. The molecule has 0 radical (unpaired) electrons. The van der Waals surface area contributed by atoms with E-state index < -0.39 is 17.9 Å². The van der Waals surface area contributed by atoms with Gasteiger partial charge in [-0.25, -0.2) is 9.78 Å². The van der Waals surface area contributed by atoms with Gasteiger partial charge in [0, 0.05) is 31.1 Å². The minimum absolute atomic E-state index is 0.0818. The number of nitrogens with zero attached hydrogens (tertiary/aromatic N) is 3. The normalized spacial score (nSPS) is 11.6. The van der Waals surface area contributed by atoms with E-state index in [1.165, 1.54) is 25.1 Å². The number of rotatable bonds is 7. The molecule has 25 heavy (non-hydrogen) atoms. The third kappa shape index (κ3) is 4.63. The molecular weight excluding hydrogens is 326 g/mol. The molecular formula is C16H19N5O4. The maximum atomic E-state index is 12.8. The lowest BCUT2D eigenvalue weighted by Gasteiger charge is -2.26. The van der Waals surface area contributed by atoms with Crippen LogP contribution in [0.15, 0.2) is 30.6 Å². The van der Waals surface area contributed by atoms with Crippen LogP contribution in [-0.4, -0.2) is 62.1 Å². The Hall–Kier alpha value is -3.23. The molecule has 3 N–H and O–H groups in total. The quantitative estimate of drug-likeness (QED) is 0.671. The van der Waals surface area contributed by atoms with Crippen molar-refractivity contribution < 1.29 is 19.5 Å². The molecule has 2 amide bonds. The number of amides is 2. The number of benzene rings is 1. The number of hydrogen-bond donors (Lipinski definition) is 3. The highest BCUT2D eigenvalue weighted by atomic mass is 16.4. The van der Waals surface area contributed by atoms with Crippen molar-refractivity contribution in [2.24, 2.45) is 0 Å². The molecule has 0 spiro atoms. The van der Waals surface area contributed by atoms with E-state index >= 15 is 0 Å². The van der Waals surface area contributed by atoms with Crippen molar-refractivity contribution >= 4 is 17.8 Å².